The molecule has 1 aromatic heterocycles. The molecule has 3 aromatic rings. The third-order valence-corrected chi connectivity index (χ3v) is 6.45. The van der Waals surface area contributed by atoms with Crippen molar-refractivity contribution in [3.8, 4) is 0 Å². The van der Waals surface area contributed by atoms with Crippen molar-refractivity contribution in [2.24, 2.45) is 5.92 Å². The molecule has 3 nitrogen and oxygen atoms in total. The highest BCUT2D eigenvalue weighted by molar-refractivity contribution is 5.95. The number of fused-ring (bicyclic) bond motifs is 3. The monoisotopic (exact) mass is 374 g/mol. The minimum atomic E-state index is -0.419. The molecule has 2 saturated heterocycles. The van der Waals surface area contributed by atoms with Crippen molar-refractivity contribution in [3.63, 3.8) is 0 Å². The number of amides is 1. The Morgan fingerprint density at radius 3 is 2.61 bits per heavy atom. The normalized spacial score (nSPS) is 23.9. The van der Waals surface area contributed by atoms with Crippen molar-refractivity contribution < 1.29 is 9.18 Å². The Labute approximate surface area is 164 Å². The number of hydrogen-bond donors (Lipinski definition) is 0. The predicted molar refractivity (Wildman–Crippen MR) is 108 cm³/mol. The zero-order valence-corrected chi connectivity index (χ0v) is 15.7. The third-order valence-electron chi connectivity index (χ3n) is 6.45. The van der Waals surface area contributed by atoms with E-state index in [9.17, 15) is 9.18 Å². The number of hydrogen-bond acceptors (Lipinski definition) is 2. The minimum Gasteiger partial charge on any atom is -0.333 e. The molecule has 142 valence electrons. The van der Waals surface area contributed by atoms with Crippen molar-refractivity contribution in [1.82, 2.24) is 9.88 Å². The Balaban J connectivity index is 1.36. The van der Waals surface area contributed by atoms with Gasteiger partial charge in [0.2, 0.25) is 0 Å². The molecule has 1 amide bonds. The second kappa shape index (κ2) is 7.01. The summed E-state index contributed by atoms with van der Waals surface area (Å²) in [5.74, 6) is -0.0105. The van der Waals surface area contributed by atoms with E-state index in [0.29, 0.717) is 5.92 Å². The molecule has 2 fully saturated rings. The number of pyridine rings is 1. The molecule has 2 bridgehead atoms. The van der Waals surface area contributed by atoms with Crippen LogP contribution in [0.15, 0.2) is 60.9 Å². The lowest BCUT2D eigenvalue weighted by molar-refractivity contribution is 0.0520. The predicted octanol–water partition coefficient (Wildman–Crippen LogP) is 5.00. The van der Waals surface area contributed by atoms with E-state index in [0.717, 1.165) is 32.1 Å². The Morgan fingerprint density at radius 2 is 1.82 bits per heavy atom. The zero-order valence-electron chi connectivity index (χ0n) is 15.7. The maximum atomic E-state index is 14.1. The fraction of sp³-hybridized carbons (Fsp3) is 0.333. The molecule has 28 heavy (non-hydrogen) atoms. The van der Waals surface area contributed by atoms with Crippen LogP contribution in [-0.2, 0) is 6.42 Å². The first-order chi connectivity index (χ1) is 13.7. The topological polar surface area (TPSA) is 33.2 Å². The van der Waals surface area contributed by atoms with Gasteiger partial charge in [-0.05, 0) is 67.2 Å². The summed E-state index contributed by atoms with van der Waals surface area (Å²) in [6, 6.07) is 15.3. The van der Waals surface area contributed by atoms with Crippen LogP contribution in [0.1, 0.15) is 41.6 Å². The van der Waals surface area contributed by atoms with Gasteiger partial charge in [-0.1, -0.05) is 30.3 Å². The number of benzene rings is 2. The lowest BCUT2D eigenvalue weighted by Crippen LogP contribution is -2.47. The Hall–Kier alpha value is -2.75. The van der Waals surface area contributed by atoms with Gasteiger partial charge in [-0.2, -0.15) is 0 Å². The molecule has 2 aliphatic heterocycles. The van der Waals surface area contributed by atoms with Crippen molar-refractivity contribution in [1.29, 1.82) is 0 Å². The van der Waals surface area contributed by atoms with Crippen LogP contribution in [-0.4, -0.2) is 27.9 Å². The minimum absolute atomic E-state index is 0.140. The average Bonchev–Trinajstić information content (AvgIpc) is 2.98. The zero-order chi connectivity index (χ0) is 19.1. The summed E-state index contributed by atoms with van der Waals surface area (Å²) in [7, 11) is 0. The SMILES string of the molecule is O=C(c1ccccc1F)N1C2CCC1CC(Cc1cccc3ccncc13)C2. The van der Waals surface area contributed by atoms with E-state index < -0.39 is 5.82 Å². The first-order valence-electron chi connectivity index (χ1n) is 10.1. The van der Waals surface area contributed by atoms with Crippen LogP contribution >= 0.6 is 0 Å². The summed E-state index contributed by atoms with van der Waals surface area (Å²) in [6.45, 7) is 0. The van der Waals surface area contributed by atoms with Crippen molar-refractivity contribution in [2.45, 2.75) is 44.2 Å². The highest BCUT2D eigenvalue weighted by Crippen LogP contribution is 2.41. The smallest absolute Gasteiger partial charge is 0.257 e. The number of rotatable bonds is 3. The lowest BCUT2D eigenvalue weighted by Gasteiger charge is -2.39. The fourth-order valence-electron chi connectivity index (χ4n) is 5.23. The summed E-state index contributed by atoms with van der Waals surface area (Å²) >= 11 is 0. The van der Waals surface area contributed by atoms with E-state index in [4.69, 9.17) is 0 Å². The number of nitrogens with zero attached hydrogens (tertiary/aromatic N) is 2. The van der Waals surface area contributed by atoms with Crippen LogP contribution in [0, 0.1) is 11.7 Å². The van der Waals surface area contributed by atoms with Crippen molar-refractivity contribution >= 4 is 16.7 Å². The van der Waals surface area contributed by atoms with Gasteiger partial charge in [-0.3, -0.25) is 9.78 Å². The van der Waals surface area contributed by atoms with Crippen LogP contribution < -0.4 is 0 Å². The Kier molecular flexibility index (Phi) is 4.34. The second-order valence-electron chi connectivity index (χ2n) is 8.13. The van der Waals surface area contributed by atoms with Crippen LogP contribution in [0.3, 0.4) is 0 Å². The van der Waals surface area contributed by atoms with Gasteiger partial charge in [0.25, 0.3) is 5.91 Å². The van der Waals surface area contributed by atoms with Gasteiger partial charge >= 0.3 is 0 Å². The molecule has 5 rings (SSSR count). The third kappa shape index (κ3) is 2.97. The highest BCUT2D eigenvalue weighted by Gasteiger charge is 2.43. The van der Waals surface area contributed by atoms with Crippen molar-refractivity contribution in [2.75, 3.05) is 0 Å². The standard InChI is InChI=1S/C24H23FN2O/c25-23-7-2-1-6-21(23)24(28)27-19-8-9-20(27)14-16(13-19)12-18-5-3-4-17-10-11-26-15-22(17)18/h1-7,10-11,15-16,19-20H,8-9,12-14H2. The molecular weight excluding hydrogens is 351 g/mol. The van der Waals surface area contributed by atoms with Crippen LogP contribution in [0.2, 0.25) is 0 Å². The quantitative estimate of drug-likeness (QED) is 0.646. The fourth-order valence-corrected chi connectivity index (χ4v) is 5.23. The average molecular weight is 374 g/mol. The maximum absolute atomic E-state index is 14.1. The van der Waals surface area contributed by atoms with E-state index in [1.54, 1.807) is 18.2 Å². The van der Waals surface area contributed by atoms with Crippen molar-refractivity contribution in [3.05, 3.63) is 77.9 Å². The summed E-state index contributed by atoms with van der Waals surface area (Å²) < 4.78 is 14.1. The van der Waals surface area contributed by atoms with Gasteiger partial charge in [0.1, 0.15) is 5.82 Å². The van der Waals surface area contributed by atoms with Gasteiger partial charge < -0.3 is 4.90 Å². The summed E-state index contributed by atoms with van der Waals surface area (Å²) in [5.41, 5.74) is 1.54. The number of carbonyl (C=O) groups excluding carboxylic acids is 1. The Bertz CT molecular complexity index is 1010. The van der Waals surface area contributed by atoms with E-state index >= 15 is 0 Å². The van der Waals surface area contributed by atoms with E-state index in [1.165, 1.54) is 22.4 Å². The molecule has 3 heterocycles. The van der Waals surface area contributed by atoms with E-state index in [2.05, 4.69) is 29.2 Å². The van der Waals surface area contributed by atoms with Gasteiger partial charge in [0, 0.05) is 29.9 Å². The molecule has 0 aliphatic carbocycles. The number of aromatic nitrogens is 1. The van der Waals surface area contributed by atoms with Gasteiger partial charge in [0.15, 0.2) is 0 Å². The largest absolute Gasteiger partial charge is 0.333 e. The van der Waals surface area contributed by atoms with Crippen LogP contribution in [0.5, 0.6) is 0 Å². The molecule has 2 atom stereocenters. The van der Waals surface area contributed by atoms with E-state index in [-0.39, 0.29) is 23.6 Å². The van der Waals surface area contributed by atoms with E-state index in [1.807, 2.05) is 17.3 Å². The molecule has 2 aliphatic rings. The van der Waals surface area contributed by atoms with Gasteiger partial charge in [-0.25, -0.2) is 4.39 Å². The number of carbonyl (C=O) groups is 1. The maximum Gasteiger partial charge on any atom is 0.257 e. The van der Waals surface area contributed by atoms with Gasteiger partial charge in [-0.15, -0.1) is 0 Å². The molecular formula is C24H23FN2O. The first kappa shape index (κ1) is 17.4. The highest BCUT2D eigenvalue weighted by atomic mass is 19.1. The second-order valence-corrected chi connectivity index (χ2v) is 8.13. The molecule has 0 N–H and O–H groups in total. The molecule has 0 spiro atoms. The number of halogens is 1. The molecule has 0 saturated carbocycles. The molecule has 2 aromatic carbocycles. The van der Waals surface area contributed by atoms with Crippen LogP contribution in [0.4, 0.5) is 4.39 Å². The summed E-state index contributed by atoms with van der Waals surface area (Å²) in [6.07, 6.45) is 8.84. The molecule has 4 heteroatoms. The lowest BCUT2D eigenvalue weighted by atomic mass is 9.84. The molecule has 0 radical (unpaired) electrons. The number of piperidine rings is 1. The van der Waals surface area contributed by atoms with Gasteiger partial charge in [0.05, 0.1) is 5.56 Å². The Morgan fingerprint density at radius 1 is 1.04 bits per heavy atom. The molecule has 2 unspecified atom stereocenters. The van der Waals surface area contributed by atoms with Crippen LogP contribution in [0.25, 0.3) is 10.8 Å². The first-order valence-corrected chi connectivity index (χ1v) is 10.1. The summed E-state index contributed by atoms with van der Waals surface area (Å²) in [5, 5.41) is 2.45. The summed E-state index contributed by atoms with van der Waals surface area (Å²) in [4.78, 5) is 19.3.